The third-order valence-electron chi connectivity index (χ3n) is 6.67. The zero-order valence-corrected chi connectivity index (χ0v) is 21.9. The molecule has 2 aliphatic rings. The Balaban J connectivity index is 1.61. The van der Waals surface area contributed by atoms with Crippen molar-refractivity contribution in [1.82, 2.24) is 14.6 Å². The van der Waals surface area contributed by atoms with Crippen molar-refractivity contribution in [2.24, 2.45) is 0 Å². The Labute approximate surface area is 212 Å². The highest BCUT2D eigenvalue weighted by Gasteiger charge is 2.44. The van der Waals surface area contributed by atoms with Gasteiger partial charge in [0.1, 0.15) is 5.82 Å². The van der Waals surface area contributed by atoms with Crippen LogP contribution < -0.4 is 10.5 Å². The van der Waals surface area contributed by atoms with Crippen LogP contribution in [0.2, 0.25) is 0 Å². The number of sulfonamides is 1. The summed E-state index contributed by atoms with van der Waals surface area (Å²) < 4.78 is 38.1. The minimum absolute atomic E-state index is 0.00599. The first kappa shape index (κ1) is 27.9. The predicted molar refractivity (Wildman–Crippen MR) is 134 cm³/mol. The lowest BCUT2D eigenvalue weighted by Gasteiger charge is -2.33. The minimum atomic E-state index is -3.46. The number of alkyl halides is 1. The van der Waals surface area contributed by atoms with Crippen molar-refractivity contribution < 1.29 is 27.8 Å². The highest BCUT2D eigenvalue weighted by molar-refractivity contribution is 7.88. The van der Waals surface area contributed by atoms with Crippen molar-refractivity contribution in [2.45, 2.75) is 82.2 Å². The normalized spacial score (nSPS) is 27.2. The van der Waals surface area contributed by atoms with Gasteiger partial charge in [-0.05, 0) is 63.1 Å². The molecule has 2 heterocycles. The molecule has 1 saturated heterocycles. The number of hydrogen-bond donors (Lipinski definition) is 3. The number of nitrogen functional groups attached to an aromatic ring is 1. The van der Waals surface area contributed by atoms with Crippen molar-refractivity contribution in [3.05, 3.63) is 23.4 Å². The molecule has 0 aromatic carbocycles. The third kappa shape index (κ3) is 7.91. The topological polar surface area (TPSA) is 144 Å². The largest absolute Gasteiger partial charge is 0.449 e. The summed E-state index contributed by atoms with van der Waals surface area (Å²) in [6.07, 6.45) is 5.00. The second-order valence-electron chi connectivity index (χ2n) is 9.50. The maximum absolute atomic E-state index is 12.8. The van der Waals surface area contributed by atoms with Crippen LogP contribution in [0.4, 0.5) is 10.6 Å². The average molecular weight is 533 g/mol. The van der Waals surface area contributed by atoms with E-state index in [9.17, 15) is 18.3 Å². The number of halogens is 1. The van der Waals surface area contributed by atoms with Crippen molar-refractivity contribution >= 4 is 33.5 Å². The molecular weight excluding hydrogens is 496 g/mol. The Bertz CT molecular complexity index is 957. The molecule has 4 N–H and O–H groups in total. The molecule has 0 bridgehead atoms. The molecule has 10 nitrogen and oxygen atoms in total. The lowest BCUT2D eigenvalue weighted by atomic mass is 9.84. The fourth-order valence-electron chi connectivity index (χ4n) is 5.06. The monoisotopic (exact) mass is 532 g/mol. The summed E-state index contributed by atoms with van der Waals surface area (Å²) in [5.74, 6) is 1.04. The van der Waals surface area contributed by atoms with Gasteiger partial charge < -0.3 is 20.3 Å². The molecule has 198 valence electrons. The van der Waals surface area contributed by atoms with Crippen LogP contribution in [0.15, 0.2) is 12.1 Å². The number of likely N-dealkylation sites (tertiary alicyclic amines) is 1. The zero-order valence-electron chi connectivity index (χ0n) is 20.4. The van der Waals surface area contributed by atoms with E-state index in [1.807, 2.05) is 13.0 Å². The molecule has 1 aromatic heterocycles. The smallest absolute Gasteiger partial charge is 0.410 e. The number of aliphatic hydroxyl groups is 1. The molecule has 1 aliphatic heterocycles. The number of nitrogens with one attached hydrogen (secondary N) is 1. The number of hydrogen-bond acceptors (Lipinski definition) is 8. The first-order valence-corrected chi connectivity index (χ1v) is 14.5. The van der Waals surface area contributed by atoms with Gasteiger partial charge in [-0.15, -0.1) is 11.6 Å². The van der Waals surface area contributed by atoms with Gasteiger partial charge in [-0.25, -0.2) is 22.9 Å². The van der Waals surface area contributed by atoms with E-state index in [1.54, 1.807) is 11.0 Å². The minimum Gasteiger partial charge on any atom is -0.449 e. The molecule has 0 unspecified atom stereocenters. The number of amides is 1. The first-order valence-electron chi connectivity index (χ1n) is 12.1. The maximum Gasteiger partial charge on any atom is 0.410 e. The van der Waals surface area contributed by atoms with Gasteiger partial charge >= 0.3 is 6.09 Å². The van der Waals surface area contributed by atoms with E-state index >= 15 is 0 Å². The molecule has 3 rings (SSSR count). The fraction of sp³-hybridized carbons (Fsp3) is 0.739. The number of carbonyl (C=O) groups is 1. The summed E-state index contributed by atoms with van der Waals surface area (Å²) in [5.41, 5.74) is 7.53. The van der Waals surface area contributed by atoms with Crippen LogP contribution in [0.5, 0.6) is 0 Å². The Morgan fingerprint density at radius 2 is 2.03 bits per heavy atom. The number of carbonyl (C=O) groups excluding carboxylic acids is 1. The maximum atomic E-state index is 12.8. The quantitative estimate of drug-likeness (QED) is 0.307. The summed E-state index contributed by atoms with van der Waals surface area (Å²) in [6.45, 7) is 2.22. The van der Waals surface area contributed by atoms with Crippen LogP contribution in [0.1, 0.15) is 62.6 Å². The number of nitrogens with zero attached hydrogens (tertiary/aromatic N) is 2. The Hall–Kier alpha value is -1.66. The molecule has 3 atom stereocenters. The number of aromatic nitrogens is 1. The van der Waals surface area contributed by atoms with Gasteiger partial charge in [-0.1, -0.05) is 0 Å². The zero-order chi connectivity index (χ0) is 25.6. The third-order valence-corrected chi connectivity index (χ3v) is 7.67. The molecular formula is C23H37ClN4O6S. The van der Waals surface area contributed by atoms with Gasteiger partial charge in [-0.2, -0.15) is 0 Å². The summed E-state index contributed by atoms with van der Waals surface area (Å²) in [4.78, 5) is 18.8. The van der Waals surface area contributed by atoms with E-state index in [4.69, 9.17) is 26.8 Å². The van der Waals surface area contributed by atoms with Gasteiger partial charge in [0.15, 0.2) is 0 Å². The number of rotatable bonds is 10. The standard InChI is InChI=1S/C23H37ClN4O6S/c1-15-10-20(27-35(2,31)32)21(28(15)23(30)33-9-3-8-24)14-34-18-6-4-17(5-7-18)19-11-16(13-29)12-22(25)26-19/h11-12,15,17-18,20-21,27,29H,3-10,13-14H2,1-2H3,(H2,25,26)/t15-,17?,18?,20+,21+/m1/s1. The number of aliphatic hydroxyl groups excluding tert-OH is 1. The van der Waals surface area contributed by atoms with E-state index in [0.29, 0.717) is 24.5 Å². The van der Waals surface area contributed by atoms with Crippen molar-refractivity contribution in [1.29, 1.82) is 0 Å². The second-order valence-corrected chi connectivity index (χ2v) is 11.7. The number of anilines is 1. The lowest BCUT2D eigenvalue weighted by Crippen LogP contribution is -2.50. The Morgan fingerprint density at radius 3 is 2.66 bits per heavy atom. The highest BCUT2D eigenvalue weighted by atomic mass is 35.5. The molecule has 1 saturated carbocycles. The molecule has 0 radical (unpaired) electrons. The fourth-order valence-corrected chi connectivity index (χ4v) is 5.97. The van der Waals surface area contributed by atoms with E-state index in [0.717, 1.165) is 43.2 Å². The lowest BCUT2D eigenvalue weighted by molar-refractivity contribution is -0.0105. The van der Waals surface area contributed by atoms with Gasteiger partial charge in [-0.3, -0.25) is 4.90 Å². The SMILES string of the molecule is C[C@@H]1C[C@H](NS(C)(=O)=O)[C@H](COC2CCC(c3cc(CO)cc(N)n3)CC2)N1C(=O)OCCCCl. The van der Waals surface area contributed by atoms with Crippen molar-refractivity contribution in [3.63, 3.8) is 0 Å². The Kier molecular flexibility index (Phi) is 10.00. The van der Waals surface area contributed by atoms with Crippen LogP contribution in [0.25, 0.3) is 0 Å². The van der Waals surface area contributed by atoms with Crippen LogP contribution in [0.3, 0.4) is 0 Å². The second kappa shape index (κ2) is 12.5. The molecule has 2 fully saturated rings. The van der Waals surface area contributed by atoms with E-state index in [2.05, 4.69) is 9.71 Å². The van der Waals surface area contributed by atoms with E-state index in [1.165, 1.54) is 0 Å². The van der Waals surface area contributed by atoms with Gasteiger partial charge in [0.05, 0.1) is 38.2 Å². The molecule has 1 aromatic rings. The Morgan fingerprint density at radius 1 is 1.31 bits per heavy atom. The summed E-state index contributed by atoms with van der Waals surface area (Å²) >= 11 is 5.68. The van der Waals surface area contributed by atoms with E-state index in [-0.39, 0.29) is 37.9 Å². The van der Waals surface area contributed by atoms with Crippen LogP contribution >= 0.6 is 11.6 Å². The highest BCUT2D eigenvalue weighted by Crippen LogP contribution is 2.35. The number of ether oxygens (including phenoxy) is 2. The van der Waals surface area contributed by atoms with Crippen molar-refractivity contribution in [2.75, 3.05) is 31.1 Å². The van der Waals surface area contributed by atoms with Crippen molar-refractivity contribution in [3.8, 4) is 0 Å². The van der Waals surface area contributed by atoms with Gasteiger partial charge in [0.25, 0.3) is 0 Å². The number of pyridine rings is 1. The summed E-state index contributed by atoms with van der Waals surface area (Å²) in [6, 6.07) is 2.46. The predicted octanol–water partition coefficient (Wildman–Crippen LogP) is 2.35. The van der Waals surface area contributed by atoms with Crippen LogP contribution in [0, 0.1) is 0 Å². The molecule has 35 heavy (non-hydrogen) atoms. The van der Waals surface area contributed by atoms with Gasteiger partial charge in [0, 0.05) is 29.6 Å². The van der Waals surface area contributed by atoms with Crippen LogP contribution in [-0.4, -0.2) is 79.1 Å². The molecule has 12 heteroatoms. The van der Waals surface area contributed by atoms with Crippen LogP contribution in [-0.2, 0) is 26.1 Å². The molecule has 1 aliphatic carbocycles. The van der Waals surface area contributed by atoms with E-state index < -0.39 is 28.2 Å². The average Bonchev–Trinajstić information content (AvgIpc) is 3.10. The summed E-state index contributed by atoms with van der Waals surface area (Å²) in [7, 11) is -3.46. The van der Waals surface area contributed by atoms with Gasteiger partial charge in [0.2, 0.25) is 10.0 Å². The first-order chi connectivity index (χ1) is 16.6. The summed E-state index contributed by atoms with van der Waals surface area (Å²) in [5, 5.41) is 9.44. The number of nitrogens with two attached hydrogens (primary N) is 1. The molecule has 0 spiro atoms. The molecule has 1 amide bonds.